The molecule has 4 rings (SSSR count). The van der Waals surface area contributed by atoms with Crippen molar-refractivity contribution < 1.29 is 18.3 Å². The van der Waals surface area contributed by atoms with Crippen molar-refractivity contribution in [3.05, 3.63) is 77.9 Å². The largest absolute Gasteiger partial charge is 0.418 e. The maximum atomic E-state index is 12.8. The Balaban J connectivity index is 1.68. The molecule has 1 aromatic carbocycles. The smallest absolute Gasteiger partial charge is 0.382 e. The lowest BCUT2D eigenvalue weighted by Gasteiger charge is -2.15. The molecule has 1 atom stereocenters. The number of halogens is 3. The van der Waals surface area contributed by atoms with E-state index in [-0.39, 0.29) is 17.1 Å². The molecular formula is C24H21F3N6O. The summed E-state index contributed by atoms with van der Waals surface area (Å²) >= 11 is 0. The summed E-state index contributed by atoms with van der Waals surface area (Å²) in [5.41, 5.74) is 9.69. The Hall–Kier alpha value is -4.05. The van der Waals surface area contributed by atoms with Crippen molar-refractivity contribution in [2.45, 2.75) is 19.2 Å². The first-order chi connectivity index (χ1) is 16.2. The van der Waals surface area contributed by atoms with Gasteiger partial charge in [0.2, 0.25) is 0 Å². The third kappa shape index (κ3) is 4.81. The fourth-order valence-corrected chi connectivity index (χ4v) is 3.44. The Bertz CT molecular complexity index is 1390. The van der Waals surface area contributed by atoms with Crippen LogP contribution in [-0.4, -0.2) is 39.1 Å². The number of anilines is 1. The van der Waals surface area contributed by atoms with Crippen molar-refractivity contribution in [1.29, 1.82) is 0 Å². The quantitative estimate of drug-likeness (QED) is 0.291. The minimum Gasteiger partial charge on any atom is -0.382 e. The molecule has 0 aliphatic carbocycles. The molecule has 174 valence electrons. The first kappa shape index (κ1) is 23.1. The van der Waals surface area contributed by atoms with Crippen LogP contribution in [0.3, 0.4) is 0 Å². The predicted octanol–water partition coefficient (Wildman–Crippen LogP) is 4.67. The fourth-order valence-electron chi connectivity index (χ4n) is 3.44. The molecule has 10 heteroatoms. The van der Waals surface area contributed by atoms with E-state index in [9.17, 15) is 18.3 Å². The van der Waals surface area contributed by atoms with Gasteiger partial charge in [-0.15, -0.1) is 0 Å². The number of aryl methyl sites for hydroxylation is 1. The average molecular weight is 466 g/mol. The molecular weight excluding hydrogens is 445 g/mol. The summed E-state index contributed by atoms with van der Waals surface area (Å²) in [6, 6.07) is 11.4. The molecule has 0 amide bonds. The van der Waals surface area contributed by atoms with Gasteiger partial charge in [-0.05, 0) is 53.9 Å². The summed E-state index contributed by atoms with van der Waals surface area (Å²) in [4.78, 5) is 17.2. The number of aliphatic imine (C=N–C) groups is 1. The zero-order chi connectivity index (χ0) is 24.5. The first-order valence-corrected chi connectivity index (χ1v) is 10.3. The van der Waals surface area contributed by atoms with Crippen molar-refractivity contribution >= 4 is 28.2 Å². The number of nitrogens with two attached hydrogens (primary N) is 1. The Labute approximate surface area is 193 Å². The first-order valence-electron chi connectivity index (χ1n) is 10.3. The number of rotatable bonds is 5. The van der Waals surface area contributed by atoms with Gasteiger partial charge in [0.05, 0.1) is 11.2 Å². The number of pyridine rings is 3. The van der Waals surface area contributed by atoms with E-state index in [1.165, 1.54) is 0 Å². The Morgan fingerprint density at radius 3 is 2.59 bits per heavy atom. The maximum absolute atomic E-state index is 12.8. The Morgan fingerprint density at radius 1 is 1.06 bits per heavy atom. The molecule has 4 aromatic rings. The molecule has 0 radical (unpaired) electrons. The summed E-state index contributed by atoms with van der Waals surface area (Å²) < 4.78 is 38.5. The number of aliphatic hydroxyl groups excluding tert-OH is 1. The van der Waals surface area contributed by atoms with Crippen LogP contribution in [-0.2, 0) is 0 Å². The highest BCUT2D eigenvalue weighted by Gasteiger charge is 2.39. The van der Waals surface area contributed by atoms with Gasteiger partial charge in [0.15, 0.2) is 6.10 Å². The average Bonchev–Trinajstić information content (AvgIpc) is 2.83. The number of fused-ring (bicyclic) bond motifs is 1. The number of nitrogens with one attached hydrogen (secondary N) is 1. The number of amidine groups is 1. The van der Waals surface area contributed by atoms with Gasteiger partial charge in [0.25, 0.3) is 0 Å². The van der Waals surface area contributed by atoms with E-state index >= 15 is 0 Å². The van der Waals surface area contributed by atoms with Gasteiger partial charge >= 0.3 is 6.18 Å². The summed E-state index contributed by atoms with van der Waals surface area (Å²) in [5.74, 6) is 0.641. The fraction of sp³-hybridized carbons (Fsp3) is 0.167. The molecule has 3 aromatic heterocycles. The third-order valence-electron chi connectivity index (χ3n) is 5.28. The highest BCUT2D eigenvalue weighted by atomic mass is 19.4. The lowest BCUT2D eigenvalue weighted by molar-refractivity contribution is -0.206. The Kier molecular flexibility index (Phi) is 6.16. The van der Waals surface area contributed by atoms with Crippen LogP contribution in [0.15, 0.2) is 66.0 Å². The normalized spacial score (nSPS) is 13.2. The third-order valence-corrected chi connectivity index (χ3v) is 5.28. The van der Waals surface area contributed by atoms with E-state index in [1.807, 2.05) is 31.2 Å². The molecule has 0 saturated carbocycles. The summed E-state index contributed by atoms with van der Waals surface area (Å²) in [5, 5.41) is 13.4. The molecule has 3 heterocycles. The number of aromatic nitrogens is 3. The van der Waals surface area contributed by atoms with Crippen LogP contribution in [0.25, 0.3) is 22.0 Å². The van der Waals surface area contributed by atoms with Gasteiger partial charge in [-0.25, -0.2) is 9.98 Å². The maximum Gasteiger partial charge on any atom is 0.418 e. The molecule has 0 aliphatic rings. The van der Waals surface area contributed by atoms with Gasteiger partial charge in [0, 0.05) is 42.7 Å². The van der Waals surface area contributed by atoms with Gasteiger partial charge in [-0.3, -0.25) is 9.97 Å². The summed E-state index contributed by atoms with van der Waals surface area (Å²) in [6.07, 6.45) is -2.79. The summed E-state index contributed by atoms with van der Waals surface area (Å²) in [6.45, 7) is 1.95. The van der Waals surface area contributed by atoms with Crippen LogP contribution < -0.4 is 11.1 Å². The van der Waals surface area contributed by atoms with Crippen LogP contribution in [0.5, 0.6) is 0 Å². The molecule has 0 aliphatic heterocycles. The van der Waals surface area contributed by atoms with E-state index in [2.05, 4.69) is 25.3 Å². The van der Waals surface area contributed by atoms with E-state index in [1.54, 1.807) is 25.5 Å². The van der Waals surface area contributed by atoms with Gasteiger partial charge in [0.1, 0.15) is 17.3 Å². The number of nitrogens with zero attached hydrogens (tertiary/aromatic N) is 4. The molecule has 0 bridgehead atoms. The number of hydrogen-bond acceptors (Lipinski definition) is 6. The van der Waals surface area contributed by atoms with Crippen molar-refractivity contribution in [1.82, 2.24) is 15.0 Å². The molecule has 4 N–H and O–H groups in total. The van der Waals surface area contributed by atoms with Crippen molar-refractivity contribution in [3.63, 3.8) is 0 Å². The lowest BCUT2D eigenvalue weighted by Crippen LogP contribution is -2.21. The molecule has 0 spiro atoms. The minimum atomic E-state index is -4.80. The van der Waals surface area contributed by atoms with Crippen molar-refractivity contribution in [2.24, 2.45) is 10.7 Å². The van der Waals surface area contributed by atoms with Gasteiger partial charge in [-0.2, -0.15) is 13.2 Å². The molecule has 0 saturated heterocycles. The second-order valence-electron chi connectivity index (χ2n) is 7.65. The van der Waals surface area contributed by atoms with Gasteiger partial charge < -0.3 is 16.2 Å². The van der Waals surface area contributed by atoms with Crippen molar-refractivity contribution in [3.8, 4) is 11.1 Å². The van der Waals surface area contributed by atoms with Crippen LogP contribution in [0.4, 0.5) is 24.7 Å². The minimum absolute atomic E-state index is 0.0294. The van der Waals surface area contributed by atoms with E-state index < -0.39 is 12.3 Å². The number of hydrogen-bond donors (Lipinski definition) is 3. The number of alkyl halides is 3. The van der Waals surface area contributed by atoms with Gasteiger partial charge in [-0.1, -0.05) is 6.07 Å². The van der Waals surface area contributed by atoms with Crippen LogP contribution in [0, 0.1) is 6.92 Å². The zero-order valence-corrected chi connectivity index (χ0v) is 18.3. The second kappa shape index (κ2) is 9.06. The predicted molar refractivity (Wildman–Crippen MR) is 125 cm³/mol. The standard InChI is InChI=1S/C24H21F3N6O/c1-13-3-4-17(33-23(28)20-8-14(5-6-30-20)22(34)24(25,26)27)9-18(13)15-7-16-12-32-21(29-2)10-19(16)31-11-15/h3-12,22,34H,1-2H3,(H2,28,33)(H,29,32)/t22-/m1/s1. The SMILES string of the molecule is CNc1cc2ncc(-c3cc(N=C(N)c4cc([C@@H](O)C(F)(F)F)ccn4)ccc3C)cc2cn1. The lowest BCUT2D eigenvalue weighted by atomic mass is 10.0. The van der Waals surface area contributed by atoms with Crippen LogP contribution >= 0.6 is 0 Å². The van der Waals surface area contributed by atoms with E-state index in [0.717, 1.165) is 51.7 Å². The number of benzene rings is 1. The zero-order valence-electron chi connectivity index (χ0n) is 18.3. The molecule has 0 unspecified atom stereocenters. The monoisotopic (exact) mass is 466 g/mol. The highest BCUT2D eigenvalue weighted by molar-refractivity contribution is 5.97. The van der Waals surface area contributed by atoms with E-state index in [4.69, 9.17) is 5.73 Å². The second-order valence-corrected chi connectivity index (χ2v) is 7.65. The van der Waals surface area contributed by atoms with E-state index in [0.29, 0.717) is 5.69 Å². The molecule has 34 heavy (non-hydrogen) atoms. The topological polar surface area (TPSA) is 109 Å². The Morgan fingerprint density at radius 2 is 1.85 bits per heavy atom. The molecule has 0 fully saturated rings. The highest BCUT2D eigenvalue weighted by Crippen LogP contribution is 2.33. The summed E-state index contributed by atoms with van der Waals surface area (Å²) in [7, 11) is 1.79. The van der Waals surface area contributed by atoms with Crippen LogP contribution in [0.1, 0.15) is 22.9 Å². The van der Waals surface area contributed by atoms with Crippen LogP contribution in [0.2, 0.25) is 0 Å². The number of aliphatic hydroxyl groups is 1. The van der Waals surface area contributed by atoms with Crippen molar-refractivity contribution in [2.75, 3.05) is 12.4 Å². The molecule has 7 nitrogen and oxygen atoms in total.